The Morgan fingerprint density at radius 2 is 1.12 bits per heavy atom. The van der Waals surface area contributed by atoms with Gasteiger partial charge in [-0.3, -0.25) is 9.59 Å². The van der Waals surface area contributed by atoms with Crippen molar-refractivity contribution in [2.75, 3.05) is 6.54 Å². The molecule has 1 aliphatic rings. The Morgan fingerprint density at radius 3 is 1.67 bits per heavy atom. The summed E-state index contributed by atoms with van der Waals surface area (Å²) >= 11 is 0. The molecule has 0 aliphatic heterocycles. The SMILES string of the molecule is CC1(C)C[C@H](NC(=O)c2cc(-c3ccccc3)nc3ccccc23)C[C@](C)(CNC(=O)c2cc(-c3ccccc3)nc3ccccc23)C1. The van der Waals surface area contributed by atoms with Crippen LogP contribution in [0.2, 0.25) is 0 Å². The first-order valence-electron chi connectivity index (χ1n) is 16.7. The van der Waals surface area contributed by atoms with Gasteiger partial charge in [-0.25, -0.2) is 9.97 Å². The molecule has 1 fully saturated rings. The molecule has 48 heavy (non-hydrogen) atoms. The van der Waals surface area contributed by atoms with Gasteiger partial charge in [-0.2, -0.15) is 0 Å². The Kier molecular flexibility index (Phi) is 8.26. The molecular weight excluding hydrogens is 592 g/mol. The first kappa shape index (κ1) is 31.3. The largest absolute Gasteiger partial charge is 0.351 e. The highest BCUT2D eigenvalue weighted by molar-refractivity contribution is 6.08. The van der Waals surface area contributed by atoms with Gasteiger partial charge in [-0.1, -0.05) is 118 Å². The van der Waals surface area contributed by atoms with Crippen LogP contribution >= 0.6 is 0 Å². The van der Waals surface area contributed by atoms with Crippen LogP contribution in [0.4, 0.5) is 0 Å². The number of carbonyl (C=O) groups is 2. The molecule has 240 valence electrons. The third-order valence-electron chi connectivity index (χ3n) is 9.52. The maximum absolute atomic E-state index is 14.0. The molecule has 0 saturated heterocycles. The molecule has 7 rings (SSSR count). The average molecular weight is 633 g/mol. The van der Waals surface area contributed by atoms with E-state index in [0.717, 1.165) is 63.6 Å². The zero-order valence-corrected chi connectivity index (χ0v) is 27.7. The number of aromatic nitrogens is 2. The zero-order chi connectivity index (χ0) is 33.3. The van der Waals surface area contributed by atoms with E-state index in [1.54, 1.807) is 0 Å². The number of rotatable bonds is 7. The van der Waals surface area contributed by atoms with Crippen LogP contribution in [0.25, 0.3) is 44.3 Å². The molecule has 1 saturated carbocycles. The molecule has 0 unspecified atom stereocenters. The zero-order valence-electron chi connectivity index (χ0n) is 27.7. The van der Waals surface area contributed by atoms with Gasteiger partial charge in [0, 0.05) is 34.5 Å². The Hall–Kier alpha value is -5.36. The summed E-state index contributed by atoms with van der Waals surface area (Å²) in [7, 11) is 0. The lowest BCUT2D eigenvalue weighted by molar-refractivity contribution is 0.0593. The number of para-hydroxylation sites is 2. The van der Waals surface area contributed by atoms with Crippen LogP contribution in [0.5, 0.6) is 0 Å². The van der Waals surface area contributed by atoms with E-state index < -0.39 is 0 Å². The second-order valence-corrected chi connectivity index (χ2v) is 14.3. The summed E-state index contributed by atoms with van der Waals surface area (Å²) in [5, 5.41) is 8.34. The third kappa shape index (κ3) is 6.56. The molecule has 2 aromatic heterocycles. The lowest BCUT2D eigenvalue weighted by Gasteiger charge is -2.47. The molecule has 1 aliphatic carbocycles. The summed E-state index contributed by atoms with van der Waals surface area (Å²) in [6.45, 7) is 7.23. The minimum Gasteiger partial charge on any atom is -0.351 e. The van der Waals surface area contributed by atoms with Crippen molar-refractivity contribution in [2.24, 2.45) is 10.8 Å². The van der Waals surface area contributed by atoms with Gasteiger partial charge in [0.05, 0.1) is 33.5 Å². The van der Waals surface area contributed by atoms with Crippen LogP contribution in [0, 0.1) is 10.8 Å². The first-order valence-corrected chi connectivity index (χ1v) is 16.7. The van der Waals surface area contributed by atoms with Crippen molar-refractivity contribution in [1.29, 1.82) is 0 Å². The van der Waals surface area contributed by atoms with Gasteiger partial charge in [0.2, 0.25) is 0 Å². The van der Waals surface area contributed by atoms with E-state index >= 15 is 0 Å². The molecule has 0 bridgehead atoms. The highest BCUT2D eigenvalue weighted by Gasteiger charge is 2.42. The average Bonchev–Trinajstić information content (AvgIpc) is 3.09. The Labute approximate surface area is 281 Å². The van der Waals surface area contributed by atoms with E-state index in [-0.39, 0.29) is 28.7 Å². The standard InChI is InChI=1S/C42H40N4O2/c1-41(2)24-30(44-40(48)34-23-38(29-16-8-5-9-17-29)46-36-21-13-11-19-32(34)36)25-42(3,26-41)27-43-39(47)33-22-37(28-14-6-4-7-15-28)45-35-20-12-10-18-31(33)35/h4-23,30H,24-27H2,1-3H3,(H,43,47)(H,44,48)/t30-,42-/m0/s1. The van der Waals surface area contributed by atoms with Crippen LogP contribution in [-0.4, -0.2) is 34.4 Å². The maximum atomic E-state index is 14.0. The molecule has 2 N–H and O–H groups in total. The molecule has 0 spiro atoms. The van der Waals surface area contributed by atoms with Crippen LogP contribution in [0.3, 0.4) is 0 Å². The molecule has 6 aromatic rings. The Balaban J connectivity index is 1.12. The molecule has 0 radical (unpaired) electrons. The first-order chi connectivity index (χ1) is 23.2. The van der Waals surface area contributed by atoms with Gasteiger partial charge in [-0.15, -0.1) is 0 Å². The second-order valence-electron chi connectivity index (χ2n) is 14.3. The van der Waals surface area contributed by atoms with Gasteiger partial charge in [0.25, 0.3) is 11.8 Å². The van der Waals surface area contributed by atoms with E-state index in [9.17, 15) is 9.59 Å². The summed E-state index contributed by atoms with van der Waals surface area (Å²) in [4.78, 5) is 37.6. The van der Waals surface area contributed by atoms with E-state index in [2.05, 4.69) is 31.4 Å². The predicted molar refractivity (Wildman–Crippen MR) is 194 cm³/mol. The van der Waals surface area contributed by atoms with Gasteiger partial charge in [0.15, 0.2) is 0 Å². The van der Waals surface area contributed by atoms with Crippen molar-refractivity contribution in [3.63, 3.8) is 0 Å². The molecule has 2 amide bonds. The smallest absolute Gasteiger partial charge is 0.252 e. The number of nitrogens with one attached hydrogen (secondary N) is 2. The van der Waals surface area contributed by atoms with Crippen LogP contribution in [0.15, 0.2) is 121 Å². The van der Waals surface area contributed by atoms with Crippen molar-refractivity contribution < 1.29 is 9.59 Å². The molecule has 2 atom stereocenters. The molecule has 6 nitrogen and oxygen atoms in total. The third-order valence-corrected chi connectivity index (χ3v) is 9.52. The highest BCUT2D eigenvalue weighted by Crippen LogP contribution is 2.46. The summed E-state index contributed by atoms with van der Waals surface area (Å²) in [5.74, 6) is -0.218. The van der Waals surface area contributed by atoms with E-state index in [0.29, 0.717) is 17.7 Å². The van der Waals surface area contributed by atoms with E-state index in [4.69, 9.17) is 9.97 Å². The fourth-order valence-electron chi connectivity index (χ4n) is 7.76. The number of benzene rings is 4. The van der Waals surface area contributed by atoms with Crippen molar-refractivity contribution in [1.82, 2.24) is 20.6 Å². The summed E-state index contributed by atoms with van der Waals surface area (Å²) in [6.07, 6.45) is 2.53. The molecular formula is C42H40N4O2. The summed E-state index contributed by atoms with van der Waals surface area (Å²) in [5.41, 5.74) is 6.03. The molecule has 6 heteroatoms. The van der Waals surface area contributed by atoms with Crippen LogP contribution in [0.1, 0.15) is 60.7 Å². The van der Waals surface area contributed by atoms with Crippen molar-refractivity contribution >= 4 is 33.6 Å². The lowest BCUT2D eigenvalue weighted by atomic mass is 9.62. The quantitative estimate of drug-likeness (QED) is 0.184. The predicted octanol–water partition coefficient (Wildman–Crippen LogP) is 8.86. The van der Waals surface area contributed by atoms with Crippen LogP contribution in [-0.2, 0) is 0 Å². The number of hydrogen-bond acceptors (Lipinski definition) is 4. The van der Waals surface area contributed by atoms with E-state index in [1.165, 1.54) is 0 Å². The lowest BCUT2D eigenvalue weighted by Crippen LogP contribution is -2.50. The Bertz CT molecular complexity index is 2130. The number of nitrogens with zero attached hydrogens (tertiary/aromatic N) is 2. The van der Waals surface area contributed by atoms with E-state index in [1.807, 2.05) is 121 Å². The Morgan fingerprint density at radius 1 is 0.646 bits per heavy atom. The monoisotopic (exact) mass is 632 g/mol. The maximum Gasteiger partial charge on any atom is 0.252 e. The van der Waals surface area contributed by atoms with Gasteiger partial charge < -0.3 is 10.6 Å². The molecule has 2 heterocycles. The second kappa shape index (κ2) is 12.7. The fraction of sp³-hybridized carbons (Fsp3) is 0.238. The highest BCUT2D eigenvalue weighted by atomic mass is 16.2. The summed E-state index contributed by atoms with van der Waals surface area (Å²) in [6, 6.07) is 39.3. The number of amides is 2. The minimum atomic E-state index is -0.226. The van der Waals surface area contributed by atoms with Crippen molar-refractivity contribution in [3.8, 4) is 22.5 Å². The summed E-state index contributed by atoms with van der Waals surface area (Å²) < 4.78 is 0. The van der Waals surface area contributed by atoms with Crippen LogP contribution < -0.4 is 10.6 Å². The van der Waals surface area contributed by atoms with Gasteiger partial charge in [0.1, 0.15) is 0 Å². The van der Waals surface area contributed by atoms with Crippen molar-refractivity contribution in [2.45, 2.75) is 46.1 Å². The molecule has 4 aromatic carbocycles. The normalized spacial score (nSPS) is 18.8. The minimum absolute atomic E-state index is 0.0327. The number of carbonyl (C=O) groups excluding carboxylic acids is 2. The number of fused-ring (bicyclic) bond motifs is 2. The van der Waals surface area contributed by atoms with Gasteiger partial charge >= 0.3 is 0 Å². The number of pyridine rings is 2. The topological polar surface area (TPSA) is 84.0 Å². The van der Waals surface area contributed by atoms with Gasteiger partial charge in [-0.05, 0) is 54.4 Å². The van der Waals surface area contributed by atoms with Crippen molar-refractivity contribution in [3.05, 3.63) is 132 Å². The number of hydrogen-bond donors (Lipinski definition) is 2. The fourth-order valence-corrected chi connectivity index (χ4v) is 7.76.